The van der Waals surface area contributed by atoms with Crippen LogP contribution in [0.2, 0.25) is 0 Å². The van der Waals surface area contributed by atoms with E-state index in [9.17, 15) is 0 Å². The van der Waals surface area contributed by atoms with Gasteiger partial charge in [-0.25, -0.2) is 4.98 Å². The number of hydrogen-bond acceptors (Lipinski definition) is 3. The first-order valence-electron chi connectivity index (χ1n) is 7.15. The Bertz CT molecular complexity index is 391. The minimum atomic E-state index is 0.179. The molecule has 2 fully saturated rings. The summed E-state index contributed by atoms with van der Waals surface area (Å²) in [5.74, 6) is 0. The smallest absolute Gasteiger partial charge is 0.111 e. The molecule has 18 heavy (non-hydrogen) atoms. The summed E-state index contributed by atoms with van der Waals surface area (Å²) in [5, 5.41) is 3.39. The van der Waals surface area contributed by atoms with Crippen molar-refractivity contribution in [1.29, 1.82) is 0 Å². The van der Waals surface area contributed by atoms with Crippen molar-refractivity contribution in [3.63, 3.8) is 0 Å². The Morgan fingerprint density at radius 1 is 1.56 bits per heavy atom. The summed E-state index contributed by atoms with van der Waals surface area (Å²) in [6.07, 6.45) is 9.51. The van der Waals surface area contributed by atoms with Gasteiger partial charge in [0, 0.05) is 19.6 Å². The molecule has 1 aromatic rings. The van der Waals surface area contributed by atoms with Gasteiger partial charge in [-0.1, -0.05) is 13.3 Å². The zero-order chi connectivity index (χ0) is 12.4. The maximum Gasteiger partial charge on any atom is 0.111 e. The van der Waals surface area contributed by atoms with Crippen LogP contribution in [-0.4, -0.2) is 29.2 Å². The first kappa shape index (κ1) is 12.2. The van der Waals surface area contributed by atoms with Crippen LogP contribution in [0.1, 0.15) is 44.4 Å². The Hall–Kier alpha value is -0.870. The Balaban J connectivity index is 1.71. The number of rotatable bonds is 5. The topological polar surface area (TPSA) is 39.1 Å². The quantitative estimate of drug-likeness (QED) is 0.869. The summed E-state index contributed by atoms with van der Waals surface area (Å²) < 4.78 is 8.15. The van der Waals surface area contributed by atoms with Gasteiger partial charge in [0.05, 0.1) is 24.8 Å². The molecular formula is C14H23N3O. The molecule has 1 aliphatic carbocycles. The fourth-order valence-electron chi connectivity index (χ4n) is 3.04. The van der Waals surface area contributed by atoms with Crippen LogP contribution < -0.4 is 5.32 Å². The van der Waals surface area contributed by atoms with Crippen LogP contribution in [0.25, 0.3) is 0 Å². The van der Waals surface area contributed by atoms with Crippen molar-refractivity contribution in [2.75, 3.05) is 19.7 Å². The molecule has 4 heteroatoms. The molecule has 2 heterocycles. The van der Waals surface area contributed by atoms with E-state index in [-0.39, 0.29) is 6.10 Å². The van der Waals surface area contributed by atoms with E-state index < -0.39 is 0 Å². The van der Waals surface area contributed by atoms with Crippen LogP contribution in [-0.2, 0) is 11.3 Å². The lowest BCUT2D eigenvalue weighted by molar-refractivity contribution is 0.0222. The molecule has 3 rings (SSSR count). The van der Waals surface area contributed by atoms with E-state index >= 15 is 0 Å². The van der Waals surface area contributed by atoms with E-state index in [2.05, 4.69) is 21.8 Å². The number of nitrogens with one attached hydrogen (secondary N) is 1. The van der Waals surface area contributed by atoms with Crippen LogP contribution in [0.5, 0.6) is 0 Å². The highest BCUT2D eigenvalue weighted by Gasteiger charge is 2.42. The third-order valence-corrected chi connectivity index (χ3v) is 4.25. The molecule has 0 radical (unpaired) electrons. The van der Waals surface area contributed by atoms with Gasteiger partial charge in [0.2, 0.25) is 0 Å². The van der Waals surface area contributed by atoms with Crippen LogP contribution in [0.3, 0.4) is 0 Å². The number of morpholine rings is 1. The van der Waals surface area contributed by atoms with Crippen LogP contribution in [0, 0.1) is 5.41 Å². The van der Waals surface area contributed by atoms with Crippen molar-refractivity contribution in [3.8, 4) is 0 Å². The monoisotopic (exact) mass is 249 g/mol. The minimum absolute atomic E-state index is 0.179. The van der Waals surface area contributed by atoms with E-state index in [0.29, 0.717) is 5.41 Å². The van der Waals surface area contributed by atoms with Gasteiger partial charge >= 0.3 is 0 Å². The average molecular weight is 249 g/mol. The lowest BCUT2D eigenvalue weighted by atomic mass is 10.0. The lowest BCUT2D eigenvalue weighted by Gasteiger charge is -2.26. The molecule has 1 atom stereocenters. The number of imidazole rings is 1. The number of ether oxygens (including phenoxy) is 1. The Morgan fingerprint density at radius 3 is 3.11 bits per heavy atom. The van der Waals surface area contributed by atoms with Gasteiger partial charge in [0.15, 0.2) is 0 Å². The van der Waals surface area contributed by atoms with Crippen LogP contribution >= 0.6 is 0 Å². The van der Waals surface area contributed by atoms with Gasteiger partial charge in [0.1, 0.15) is 6.10 Å². The number of hydrogen-bond donors (Lipinski definition) is 1. The molecule has 2 aliphatic rings. The standard InChI is InChI=1S/C14H23N3O/c1-2-3-14(4-5-14)10-17-11-16-8-12(17)13-9-15-6-7-18-13/h8,11,13,15H,2-7,9-10H2,1H3. The molecular weight excluding hydrogens is 226 g/mol. The third-order valence-electron chi connectivity index (χ3n) is 4.25. The number of aromatic nitrogens is 2. The predicted molar refractivity (Wildman–Crippen MR) is 70.4 cm³/mol. The summed E-state index contributed by atoms with van der Waals surface area (Å²) in [6.45, 7) is 6.08. The molecule has 100 valence electrons. The summed E-state index contributed by atoms with van der Waals surface area (Å²) in [5.41, 5.74) is 1.80. The van der Waals surface area contributed by atoms with Gasteiger partial charge in [-0.2, -0.15) is 0 Å². The molecule has 1 aromatic heterocycles. The maximum absolute atomic E-state index is 5.83. The normalized spacial score (nSPS) is 26.2. The zero-order valence-electron chi connectivity index (χ0n) is 11.2. The van der Waals surface area contributed by atoms with Gasteiger partial charge in [-0.3, -0.25) is 0 Å². The van der Waals surface area contributed by atoms with E-state index in [1.807, 2.05) is 12.5 Å². The molecule has 0 amide bonds. The molecule has 1 unspecified atom stereocenters. The fraction of sp³-hybridized carbons (Fsp3) is 0.786. The molecule has 4 nitrogen and oxygen atoms in total. The van der Waals surface area contributed by atoms with Crippen molar-refractivity contribution in [2.45, 2.75) is 45.3 Å². The maximum atomic E-state index is 5.83. The second kappa shape index (κ2) is 5.02. The van der Waals surface area contributed by atoms with Gasteiger partial charge in [0.25, 0.3) is 0 Å². The third kappa shape index (κ3) is 2.45. The first-order chi connectivity index (χ1) is 8.83. The summed E-state index contributed by atoms with van der Waals surface area (Å²) >= 11 is 0. The molecule has 1 saturated heterocycles. The second-order valence-corrected chi connectivity index (χ2v) is 5.76. The zero-order valence-corrected chi connectivity index (χ0v) is 11.2. The summed E-state index contributed by atoms with van der Waals surface area (Å²) in [4.78, 5) is 4.32. The predicted octanol–water partition coefficient (Wildman–Crippen LogP) is 2.12. The summed E-state index contributed by atoms with van der Waals surface area (Å²) in [6, 6.07) is 0. The minimum Gasteiger partial charge on any atom is -0.369 e. The average Bonchev–Trinajstić information content (AvgIpc) is 3.00. The number of nitrogens with zero attached hydrogens (tertiary/aromatic N) is 2. The highest BCUT2D eigenvalue weighted by molar-refractivity contribution is 5.07. The van der Waals surface area contributed by atoms with Crippen molar-refractivity contribution in [1.82, 2.24) is 14.9 Å². The van der Waals surface area contributed by atoms with Crippen molar-refractivity contribution < 1.29 is 4.74 Å². The highest BCUT2D eigenvalue weighted by atomic mass is 16.5. The Labute approximate surface area is 109 Å². The molecule has 0 aromatic carbocycles. The Morgan fingerprint density at radius 2 is 2.44 bits per heavy atom. The van der Waals surface area contributed by atoms with Gasteiger partial charge < -0.3 is 14.6 Å². The van der Waals surface area contributed by atoms with Gasteiger partial charge in [-0.05, 0) is 24.7 Å². The van der Waals surface area contributed by atoms with E-state index in [1.54, 1.807) is 0 Å². The fourth-order valence-corrected chi connectivity index (χ4v) is 3.04. The van der Waals surface area contributed by atoms with Crippen molar-refractivity contribution in [3.05, 3.63) is 18.2 Å². The molecule has 1 aliphatic heterocycles. The molecule has 1 N–H and O–H groups in total. The van der Waals surface area contributed by atoms with Crippen molar-refractivity contribution in [2.24, 2.45) is 5.41 Å². The highest BCUT2D eigenvalue weighted by Crippen LogP contribution is 2.51. The lowest BCUT2D eigenvalue weighted by Crippen LogP contribution is -2.34. The second-order valence-electron chi connectivity index (χ2n) is 5.76. The Kier molecular flexibility index (Phi) is 3.39. The SMILES string of the molecule is CCCC1(Cn2cncc2C2CNCCO2)CC1. The first-order valence-corrected chi connectivity index (χ1v) is 7.15. The van der Waals surface area contributed by atoms with Crippen LogP contribution in [0.4, 0.5) is 0 Å². The van der Waals surface area contributed by atoms with Crippen LogP contribution in [0.15, 0.2) is 12.5 Å². The molecule has 0 bridgehead atoms. The van der Waals surface area contributed by atoms with Crippen molar-refractivity contribution >= 4 is 0 Å². The largest absolute Gasteiger partial charge is 0.369 e. The summed E-state index contributed by atoms with van der Waals surface area (Å²) in [7, 11) is 0. The van der Waals surface area contributed by atoms with Gasteiger partial charge in [-0.15, -0.1) is 0 Å². The van der Waals surface area contributed by atoms with E-state index in [0.717, 1.165) is 26.2 Å². The molecule has 1 saturated carbocycles. The van der Waals surface area contributed by atoms with E-state index in [1.165, 1.54) is 31.4 Å². The van der Waals surface area contributed by atoms with E-state index in [4.69, 9.17) is 4.74 Å². The molecule has 0 spiro atoms.